The second-order valence-electron chi connectivity index (χ2n) is 4.19. The second-order valence-corrected chi connectivity index (χ2v) is 4.19. The van der Waals surface area contributed by atoms with Gasteiger partial charge in [0.05, 0.1) is 17.9 Å². The first-order valence-corrected chi connectivity index (χ1v) is 6.26. The molecule has 0 aliphatic heterocycles. The third kappa shape index (κ3) is 1.95. The number of carbonyl (C=O) groups excluding carboxylic acids is 1. The van der Waals surface area contributed by atoms with Gasteiger partial charge in [0.2, 0.25) is 0 Å². The van der Waals surface area contributed by atoms with E-state index in [4.69, 9.17) is 10.00 Å². The Hall–Kier alpha value is -2.62. The van der Waals surface area contributed by atoms with E-state index in [0.29, 0.717) is 17.7 Å². The number of carbonyl (C=O) groups is 1. The van der Waals surface area contributed by atoms with Crippen molar-refractivity contribution in [2.75, 3.05) is 6.61 Å². The number of nitriles is 1. The van der Waals surface area contributed by atoms with E-state index in [9.17, 15) is 9.59 Å². The van der Waals surface area contributed by atoms with Gasteiger partial charge in [-0.1, -0.05) is 6.92 Å². The summed E-state index contributed by atoms with van der Waals surface area (Å²) in [6.07, 6.45) is 0.361. The maximum Gasteiger partial charge on any atom is 0.355 e. The van der Waals surface area contributed by atoms with E-state index in [1.54, 1.807) is 20.8 Å². The fraction of sp³-hybridized carbons (Fsp3) is 0.385. The zero-order valence-electron chi connectivity index (χ0n) is 11.5. The number of rotatable bonds is 3. The van der Waals surface area contributed by atoms with E-state index < -0.39 is 11.5 Å². The first kappa shape index (κ1) is 13.8. The molecule has 2 aromatic heterocycles. The summed E-state index contributed by atoms with van der Waals surface area (Å²) in [5, 5.41) is 13.2. The van der Waals surface area contributed by atoms with E-state index in [2.05, 4.69) is 10.1 Å². The van der Waals surface area contributed by atoms with Gasteiger partial charge in [0.15, 0.2) is 5.65 Å². The fourth-order valence-corrected chi connectivity index (χ4v) is 2.06. The summed E-state index contributed by atoms with van der Waals surface area (Å²) in [6.45, 7) is 5.29. The van der Waals surface area contributed by atoms with Crippen molar-refractivity contribution in [3.63, 3.8) is 0 Å². The van der Waals surface area contributed by atoms with Gasteiger partial charge in [-0.15, -0.1) is 0 Å². The fourth-order valence-electron chi connectivity index (χ4n) is 2.06. The lowest BCUT2D eigenvalue weighted by molar-refractivity contribution is 0.0518. The average molecular weight is 274 g/mol. The monoisotopic (exact) mass is 274 g/mol. The van der Waals surface area contributed by atoms with Gasteiger partial charge in [0.1, 0.15) is 17.3 Å². The Bertz CT molecular complexity index is 779. The maximum atomic E-state index is 12.3. The van der Waals surface area contributed by atoms with Crippen LogP contribution in [0.2, 0.25) is 0 Å². The summed E-state index contributed by atoms with van der Waals surface area (Å²) < 4.78 is 6.05. The lowest BCUT2D eigenvalue weighted by atomic mass is 10.1. The summed E-state index contributed by atoms with van der Waals surface area (Å²) in [4.78, 5) is 27.1. The smallest absolute Gasteiger partial charge is 0.355 e. The number of aryl methyl sites for hydroxylation is 1. The van der Waals surface area contributed by atoms with Gasteiger partial charge in [-0.05, 0) is 20.3 Å². The van der Waals surface area contributed by atoms with Crippen LogP contribution in [0.5, 0.6) is 0 Å². The summed E-state index contributed by atoms with van der Waals surface area (Å²) in [5.41, 5.74) is 0.870. The van der Waals surface area contributed by atoms with E-state index in [1.165, 1.54) is 0 Å². The molecule has 104 valence electrons. The molecule has 0 atom stereocenters. The first-order valence-electron chi connectivity index (χ1n) is 6.26. The molecular weight excluding hydrogens is 260 g/mol. The summed E-state index contributed by atoms with van der Waals surface area (Å²) in [7, 11) is 0. The van der Waals surface area contributed by atoms with Crippen LogP contribution >= 0.6 is 0 Å². The van der Waals surface area contributed by atoms with Crippen molar-refractivity contribution in [2.45, 2.75) is 27.2 Å². The quantitative estimate of drug-likeness (QED) is 0.839. The number of esters is 1. The van der Waals surface area contributed by atoms with Crippen molar-refractivity contribution in [3.8, 4) is 6.07 Å². The Morgan fingerprint density at radius 1 is 1.50 bits per heavy atom. The van der Waals surface area contributed by atoms with Crippen LogP contribution in [0.4, 0.5) is 0 Å². The molecule has 7 heteroatoms. The zero-order chi connectivity index (χ0) is 14.9. The van der Waals surface area contributed by atoms with Crippen molar-refractivity contribution >= 4 is 11.6 Å². The van der Waals surface area contributed by atoms with E-state index >= 15 is 0 Å². The van der Waals surface area contributed by atoms with Gasteiger partial charge < -0.3 is 9.72 Å². The van der Waals surface area contributed by atoms with E-state index in [1.807, 2.05) is 6.07 Å². The largest absolute Gasteiger partial charge is 0.461 e. The molecule has 0 aromatic carbocycles. The molecule has 0 spiro atoms. The Labute approximate surface area is 114 Å². The SMILES string of the molecule is CCOC(=O)c1[nH]c2c(C#N)c(C)nn2c(=O)c1CC. The predicted octanol–water partition coefficient (Wildman–Crippen LogP) is 0.942. The third-order valence-corrected chi connectivity index (χ3v) is 3.00. The molecule has 2 aromatic rings. The molecule has 0 aliphatic rings. The summed E-state index contributed by atoms with van der Waals surface area (Å²) in [5.74, 6) is -0.605. The number of H-pyrrole nitrogens is 1. The molecular formula is C13H14N4O3. The molecule has 0 unspecified atom stereocenters. The van der Waals surface area contributed by atoms with Crippen LogP contribution in [0, 0.1) is 18.3 Å². The summed E-state index contributed by atoms with van der Waals surface area (Å²) >= 11 is 0. The number of hydrogen-bond acceptors (Lipinski definition) is 5. The van der Waals surface area contributed by atoms with Gasteiger partial charge in [-0.2, -0.15) is 14.9 Å². The lowest BCUT2D eigenvalue weighted by Crippen LogP contribution is -2.25. The minimum Gasteiger partial charge on any atom is -0.461 e. The number of aromatic nitrogens is 3. The number of nitrogens with zero attached hydrogens (tertiary/aromatic N) is 3. The van der Waals surface area contributed by atoms with Gasteiger partial charge in [0.25, 0.3) is 5.56 Å². The minimum absolute atomic E-state index is 0.0863. The van der Waals surface area contributed by atoms with Crippen LogP contribution in [-0.4, -0.2) is 27.2 Å². The third-order valence-electron chi connectivity index (χ3n) is 3.00. The van der Waals surface area contributed by atoms with Crippen molar-refractivity contribution in [3.05, 3.63) is 32.9 Å². The number of fused-ring (bicyclic) bond motifs is 1. The molecule has 2 rings (SSSR count). The molecule has 0 saturated carbocycles. The van der Waals surface area contributed by atoms with Crippen LogP contribution in [0.3, 0.4) is 0 Å². The predicted molar refractivity (Wildman–Crippen MR) is 70.6 cm³/mol. The molecule has 0 fully saturated rings. The molecule has 2 heterocycles. The van der Waals surface area contributed by atoms with E-state index in [0.717, 1.165) is 4.52 Å². The van der Waals surface area contributed by atoms with Gasteiger partial charge >= 0.3 is 5.97 Å². The highest BCUT2D eigenvalue weighted by molar-refractivity contribution is 5.89. The molecule has 0 saturated heterocycles. The van der Waals surface area contributed by atoms with Crippen LogP contribution in [-0.2, 0) is 11.2 Å². The molecule has 0 aliphatic carbocycles. The lowest BCUT2D eigenvalue weighted by Gasteiger charge is -2.07. The van der Waals surface area contributed by atoms with E-state index in [-0.39, 0.29) is 23.5 Å². The second kappa shape index (κ2) is 5.17. The Morgan fingerprint density at radius 3 is 2.75 bits per heavy atom. The Morgan fingerprint density at radius 2 is 2.20 bits per heavy atom. The number of nitrogens with one attached hydrogen (secondary N) is 1. The first-order chi connectivity index (χ1) is 9.54. The normalized spacial score (nSPS) is 10.5. The topological polar surface area (TPSA) is 100 Å². The minimum atomic E-state index is -0.605. The molecule has 0 bridgehead atoms. The van der Waals surface area contributed by atoms with Crippen molar-refractivity contribution in [1.82, 2.24) is 14.6 Å². The van der Waals surface area contributed by atoms with Crippen molar-refractivity contribution < 1.29 is 9.53 Å². The van der Waals surface area contributed by atoms with Crippen LogP contribution < -0.4 is 5.56 Å². The van der Waals surface area contributed by atoms with Crippen LogP contribution in [0.1, 0.15) is 41.2 Å². The standard InChI is InChI=1S/C13H14N4O3/c1-4-8-10(13(19)20-5-2)15-11-9(6-14)7(3)16-17(11)12(8)18/h15H,4-5H2,1-3H3. The molecule has 1 N–H and O–H groups in total. The molecule has 0 amide bonds. The van der Waals surface area contributed by atoms with Crippen molar-refractivity contribution in [1.29, 1.82) is 5.26 Å². The number of ether oxygens (including phenoxy) is 1. The van der Waals surface area contributed by atoms with Crippen molar-refractivity contribution in [2.24, 2.45) is 0 Å². The summed E-state index contributed by atoms with van der Waals surface area (Å²) in [6, 6.07) is 1.98. The number of aromatic amines is 1. The maximum absolute atomic E-state index is 12.3. The van der Waals surface area contributed by atoms with Crippen LogP contribution in [0.15, 0.2) is 4.79 Å². The van der Waals surface area contributed by atoms with Crippen LogP contribution in [0.25, 0.3) is 5.65 Å². The highest BCUT2D eigenvalue weighted by Gasteiger charge is 2.21. The zero-order valence-corrected chi connectivity index (χ0v) is 11.5. The molecule has 20 heavy (non-hydrogen) atoms. The Balaban J connectivity index is 2.85. The molecule has 0 radical (unpaired) electrons. The highest BCUT2D eigenvalue weighted by atomic mass is 16.5. The Kier molecular flexibility index (Phi) is 3.57. The van der Waals surface area contributed by atoms with Gasteiger partial charge in [0, 0.05) is 0 Å². The number of hydrogen-bond donors (Lipinski definition) is 1. The average Bonchev–Trinajstić information content (AvgIpc) is 2.75. The van der Waals surface area contributed by atoms with Gasteiger partial charge in [-0.3, -0.25) is 4.79 Å². The molecule has 7 nitrogen and oxygen atoms in total. The highest BCUT2D eigenvalue weighted by Crippen LogP contribution is 2.13. The van der Waals surface area contributed by atoms with Gasteiger partial charge in [-0.25, -0.2) is 4.79 Å².